The Bertz CT molecular complexity index is 621. The van der Waals surface area contributed by atoms with Crippen LogP contribution < -0.4 is 10.2 Å². The molecule has 3 heterocycles. The number of rotatable bonds is 6. The van der Waals surface area contributed by atoms with Gasteiger partial charge in [-0.3, -0.25) is 0 Å². The lowest BCUT2D eigenvalue weighted by Gasteiger charge is -2.32. The smallest absolute Gasteiger partial charge is 0.225 e. The van der Waals surface area contributed by atoms with E-state index < -0.39 is 5.60 Å². The number of thiophene rings is 1. The van der Waals surface area contributed by atoms with Crippen LogP contribution in [0.2, 0.25) is 0 Å². The Labute approximate surface area is 147 Å². The summed E-state index contributed by atoms with van der Waals surface area (Å²) < 4.78 is 0. The second-order valence-electron chi connectivity index (χ2n) is 6.54. The highest BCUT2D eigenvalue weighted by molar-refractivity contribution is 7.10. The van der Waals surface area contributed by atoms with Gasteiger partial charge in [-0.2, -0.15) is 0 Å². The van der Waals surface area contributed by atoms with Gasteiger partial charge < -0.3 is 20.2 Å². The largest absolute Gasteiger partial charge is 0.383 e. The molecule has 0 radical (unpaired) electrons. The van der Waals surface area contributed by atoms with Crippen molar-refractivity contribution in [1.29, 1.82) is 0 Å². The fourth-order valence-electron chi connectivity index (χ4n) is 2.73. The van der Waals surface area contributed by atoms with E-state index in [4.69, 9.17) is 0 Å². The predicted octanol–water partition coefficient (Wildman–Crippen LogP) is 1.29. The van der Waals surface area contributed by atoms with Gasteiger partial charge in [0, 0.05) is 62.1 Å². The molecule has 130 valence electrons. The number of nitrogens with one attached hydrogen (secondary N) is 1. The van der Waals surface area contributed by atoms with Crippen LogP contribution in [0.15, 0.2) is 29.9 Å². The van der Waals surface area contributed by atoms with Crippen molar-refractivity contribution in [1.82, 2.24) is 20.2 Å². The summed E-state index contributed by atoms with van der Waals surface area (Å²) in [6.07, 6.45) is 3.74. The summed E-state index contributed by atoms with van der Waals surface area (Å²) >= 11 is 1.57. The zero-order valence-electron chi connectivity index (χ0n) is 14.3. The van der Waals surface area contributed by atoms with Crippen molar-refractivity contribution < 1.29 is 5.11 Å². The van der Waals surface area contributed by atoms with E-state index >= 15 is 0 Å². The van der Waals surface area contributed by atoms with E-state index in [0.29, 0.717) is 13.1 Å². The SMILES string of the molecule is CN1CCN(c2ncc(CNCC(C)(O)c3cccs3)cn2)CC1. The van der Waals surface area contributed by atoms with Gasteiger partial charge in [-0.25, -0.2) is 9.97 Å². The second-order valence-corrected chi connectivity index (χ2v) is 7.48. The van der Waals surface area contributed by atoms with Gasteiger partial charge in [-0.1, -0.05) is 6.07 Å². The van der Waals surface area contributed by atoms with Crippen LogP contribution in [0.3, 0.4) is 0 Å². The van der Waals surface area contributed by atoms with E-state index in [1.165, 1.54) is 0 Å². The van der Waals surface area contributed by atoms with E-state index in [9.17, 15) is 5.11 Å². The zero-order valence-corrected chi connectivity index (χ0v) is 15.1. The summed E-state index contributed by atoms with van der Waals surface area (Å²) in [6, 6.07) is 3.92. The Morgan fingerprint density at radius 2 is 1.96 bits per heavy atom. The van der Waals surface area contributed by atoms with E-state index in [1.807, 2.05) is 36.8 Å². The summed E-state index contributed by atoms with van der Waals surface area (Å²) in [4.78, 5) is 14.5. The first-order valence-electron chi connectivity index (χ1n) is 8.26. The maximum atomic E-state index is 10.5. The summed E-state index contributed by atoms with van der Waals surface area (Å²) in [5.74, 6) is 0.803. The number of likely N-dealkylation sites (N-methyl/N-ethyl adjacent to an activating group) is 1. The van der Waals surface area contributed by atoms with E-state index in [0.717, 1.165) is 42.6 Å². The molecule has 0 saturated carbocycles. The van der Waals surface area contributed by atoms with Crippen LogP contribution in [-0.2, 0) is 12.1 Å². The molecule has 24 heavy (non-hydrogen) atoms. The highest BCUT2D eigenvalue weighted by Gasteiger charge is 2.23. The lowest BCUT2D eigenvalue weighted by Crippen LogP contribution is -2.45. The molecule has 1 unspecified atom stereocenters. The molecule has 1 fully saturated rings. The van der Waals surface area contributed by atoms with E-state index in [1.54, 1.807) is 11.3 Å². The quantitative estimate of drug-likeness (QED) is 0.821. The summed E-state index contributed by atoms with van der Waals surface area (Å²) in [6.45, 7) is 7.00. The van der Waals surface area contributed by atoms with Crippen LogP contribution >= 0.6 is 11.3 Å². The summed E-state index contributed by atoms with van der Waals surface area (Å²) in [5, 5.41) is 15.8. The highest BCUT2D eigenvalue weighted by Crippen LogP contribution is 2.24. The monoisotopic (exact) mass is 347 g/mol. The normalized spacial score (nSPS) is 18.5. The first kappa shape index (κ1) is 17.3. The van der Waals surface area contributed by atoms with Gasteiger partial charge in [0.25, 0.3) is 0 Å². The van der Waals surface area contributed by atoms with Crippen molar-refractivity contribution in [2.75, 3.05) is 44.7 Å². The van der Waals surface area contributed by atoms with Gasteiger partial charge in [0.2, 0.25) is 5.95 Å². The molecule has 1 atom stereocenters. The third-order valence-corrected chi connectivity index (χ3v) is 5.45. The molecule has 0 aliphatic carbocycles. The third-order valence-electron chi connectivity index (χ3n) is 4.33. The van der Waals surface area contributed by atoms with Gasteiger partial charge in [0.1, 0.15) is 5.60 Å². The molecule has 2 aromatic rings. The van der Waals surface area contributed by atoms with E-state index in [-0.39, 0.29) is 0 Å². The predicted molar refractivity (Wildman–Crippen MR) is 97.3 cm³/mol. The molecule has 7 heteroatoms. The number of hydrogen-bond acceptors (Lipinski definition) is 7. The van der Waals surface area contributed by atoms with Crippen LogP contribution in [-0.4, -0.2) is 59.7 Å². The lowest BCUT2D eigenvalue weighted by molar-refractivity contribution is 0.0604. The van der Waals surface area contributed by atoms with Crippen LogP contribution in [0.5, 0.6) is 0 Å². The Balaban J connectivity index is 1.50. The fourth-order valence-corrected chi connectivity index (χ4v) is 3.52. The van der Waals surface area contributed by atoms with Gasteiger partial charge in [0.05, 0.1) is 0 Å². The van der Waals surface area contributed by atoms with Crippen molar-refractivity contribution in [3.63, 3.8) is 0 Å². The summed E-state index contributed by atoms with van der Waals surface area (Å²) in [7, 11) is 2.14. The fraction of sp³-hybridized carbons (Fsp3) is 0.529. The molecule has 2 aromatic heterocycles. The molecule has 6 nitrogen and oxygen atoms in total. The zero-order chi connectivity index (χ0) is 17.0. The maximum Gasteiger partial charge on any atom is 0.225 e. The number of piperazine rings is 1. The lowest BCUT2D eigenvalue weighted by atomic mass is 10.1. The van der Waals surface area contributed by atoms with Crippen molar-refractivity contribution in [2.24, 2.45) is 0 Å². The molecule has 0 bridgehead atoms. The van der Waals surface area contributed by atoms with Crippen molar-refractivity contribution in [2.45, 2.75) is 19.1 Å². The Morgan fingerprint density at radius 1 is 1.25 bits per heavy atom. The summed E-state index contributed by atoms with van der Waals surface area (Å²) in [5.41, 5.74) is 0.171. The molecule has 0 aromatic carbocycles. The van der Waals surface area contributed by atoms with Gasteiger partial charge in [0.15, 0.2) is 0 Å². The minimum absolute atomic E-state index is 0.494. The molecule has 0 amide bonds. The number of aromatic nitrogens is 2. The van der Waals surface area contributed by atoms with Crippen LogP contribution in [0.25, 0.3) is 0 Å². The topological polar surface area (TPSA) is 64.5 Å². The molecule has 1 saturated heterocycles. The van der Waals surface area contributed by atoms with Crippen molar-refractivity contribution >= 4 is 17.3 Å². The second kappa shape index (κ2) is 7.57. The Morgan fingerprint density at radius 3 is 2.58 bits per heavy atom. The molecule has 1 aliphatic heterocycles. The minimum Gasteiger partial charge on any atom is -0.383 e. The average Bonchev–Trinajstić information content (AvgIpc) is 3.12. The average molecular weight is 347 g/mol. The number of hydrogen-bond donors (Lipinski definition) is 2. The molecule has 2 N–H and O–H groups in total. The van der Waals surface area contributed by atoms with Gasteiger partial charge in [-0.05, 0) is 25.4 Å². The third kappa shape index (κ3) is 4.30. The molecule has 1 aliphatic rings. The van der Waals surface area contributed by atoms with Gasteiger partial charge in [-0.15, -0.1) is 11.3 Å². The first-order chi connectivity index (χ1) is 11.5. The maximum absolute atomic E-state index is 10.5. The van der Waals surface area contributed by atoms with Crippen LogP contribution in [0.1, 0.15) is 17.4 Å². The van der Waals surface area contributed by atoms with Crippen LogP contribution in [0, 0.1) is 0 Å². The minimum atomic E-state index is -0.852. The molecule has 3 rings (SSSR count). The van der Waals surface area contributed by atoms with Crippen molar-refractivity contribution in [3.05, 3.63) is 40.3 Å². The first-order valence-corrected chi connectivity index (χ1v) is 9.14. The highest BCUT2D eigenvalue weighted by atomic mass is 32.1. The molecule has 0 spiro atoms. The number of aliphatic hydroxyl groups is 1. The van der Waals surface area contributed by atoms with E-state index in [2.05, 4.69) is 32.1 Å². The van der Waals surface area contributed by atoms with Crippen LogP contribution in [0.4, 0.5) is 5.95 Å². The molecular weight excluding hydrogens is 322 g/mol. The Kier molecular flexibility index (Phi) is 5.45. The molecular formula is C17H25N5OS. The number of nitrogens with zero attached hydrogens (tertiary/aromatic N) is 4. The Hall–Kier alpha value is -1.54. The van der Waals surface area contributed by atoms with Gasteiger partial charge >= 0.3 is 0 Å². The number of anilines is 1. The standard InChI is InChI=1S/C17H25N5OS/c1-17(23,15-4-3-9-24-15)13-18-10-14-11-19-16(20-12-14)22-7-5-21(2)6-8-22/h3-4,9,11-12,18,23H,5-8,10,13H2,1-2H3. The van der Waals surface area contributed by atoms with Crippen molar-refractivity contribution in [3.8, 4) is 0 Å².